The van der Waals surface area contributed by atoms with E-state index in [1.54, 1.807) is 30.6 Å². The fraction of sp³-hybridized carbons (Fsp3) is 0.261. The number of aryl methyl sites for hydroxylation is 1. The quantitative estimate of drug-likeness (QED) is 0.330. The number of nitrogens with one attached hydrogen (secondary N) is 1. The number of para-hydroxylation sites is 1. The molecule has 14 heteroatoms. The molecule has 3 heterocycles. The molecule has 0 aliphatic rings. The van der Waals surface area contributed by atoms with Crippen molar-refractivity contribution in [2.75, 3.05) is 18.9 Å². The lowest BCUT2D eigenvalue weighted by atomic mass is 10.2. The van der Waals surface area contributed by atoms with Crippen LogP contribution in [0.5, 0.6) is 11.5 Å². The molecule has 2 N–H and O–H groups in total. The van der Waals surface area contributed by atoms with Crippen LogP contribution in [0.4, 0.5) is 10.3 Å². The van der Waals surface area contributed by atoms with Crippen molar-refractivity contribution < 1.29 is 27.4 Å². The third-order valence-electron chi connectivity index (χ3n) is 5.49. The van der Waals surface area contributed by atoms with Crippen LogP contribution in [0, 0.1) is 12.7 Å². The van der Waals surface area contributed by atoms with Gasteiger partial charge in [0.25, 0.3) is 0 Å². The number of halogens is 1. The van der Waals surface area contributed by atoms with Gasteiger partial charge in [-0.1, -0.05) is 6.07 Å². The summed E-state index contributed by atoms with van der Waals surface area (Å²) in [6.45, 7) is 3.11. The van der Waals surface area contributed by atoms with Crippen LogP contribution in [0.1, 0.15) is 24.4 Å². The molecule has 4 rings (SSSR count). The first-order valence-electron chi connectivity index (χ1n) is 10.9. The average Bonchev–Trinajstić information content (AvgIpc) is 3.29. The van der Waals surface area contributed by atoms with Gasteiger partial charge in [-0.25, -0.2) is 22.8 Å². The molecule has 3 aromatic heterocycles. The summed E-state index contributed by atoms with van der Waals surface area (Å²) >= 11 is 0. The first-order chi connectivity index (χ1) is 17.7. The van der Waals surface area contributed by atoms with Crippen LogP contribution in [0.25, 0.3) is 17.1 Å². The normalized spacial score (nSPS) is 13.1. The number of nitrogens with zero attached hydrogens (tertiary/aromatic N) is 6. The van der Waals surface area contributed by atoms with Crippen LogP contribution in [0.3, 0.4) is 0 Å². The van der Waals surface area contributed by atoms with Gasteiger partial charge in [-0.3, -0.25) is 14.3 Å². The van der Waals surface area contributed by atoms with E-state index >= 15 is 0 Å². The van der Waals surface area contributed by atoms with Crippen LogP contribution in [0.15, 0.2) is 49.1 Å². The van der Waals surface area contributed by atoms with E-state index in [2.05, 4.69) is 29.9 Å². The number of pyridine rings is 1. The minimum absolute atomic E-state index is 0.196. The lowest BCUT2D eigenvalue weighted by Crippen LogP contribution is -2.32. The summed E-state index contributed by atoms with van der Waals surface area (Å²) in [5, 5.41) is 17.4. The molecule has 0 fully saturated rings. The highest BCUT2D eigenvalue weighted by Gasteiger charge is 2.33. The van der Waals surface area contributed by atoms with Gasteiger partial charge in [-0.15, -0.1) is 10.2 Å². The number of rotatable bonds is 9. The van der Waals surface area contributed by atoms with E-state index in [4.69, 9.17) is 9.47 Å². The van der Waals surface area contributed by atoms with Gasteiger partial charge in [0.05, 0.1) is 26.6 Å². The largest absolute Gasteiger partial charge is 0.494 e. The summed E-state index contributed by atoms with van der Waals surface area (Å²) in [5.74, 6) is -0.200. The van der Waals surface area contributed by atoms with Gasteiger partial charge in [-0.2, -0.15) is 0 Å². The Morgan fingerprint density at radius 2 is 1.70 bits per heavy atom. The maximum absolute atomic E-state index is 13.3. The van der Waals surface area contributed by atoms with Gasteiger partial charge in [0.1, 0.15) is 28.5 Å². The number of aliphatic hydroxyl groups is 1. The molecule has 0 saturated heterocycles. The summed E-state index contributed by atoms with van der Waals surface area (Å²) in [6.07, 6.45) is 3.25. The van der Waals surface area contributed by atoms with Crippen LogP contribution in [-0.4, -0.2) is 62.7 Å². The number of anilines is 1. The lowest BCUT2D eigenvalue weighted by molar-refractivity contribution is 0.166. The second-order valence-electron chi connectivity index (χ2n) is 8.00. The Kier molecular flexibility index (Phi) is 7.31. The van der Waals surface area contributed by atoms with Crippen molar-refractivity contribution in [2.24, 2.45) is 0 Å². The van der Waals surface area contributed by atoms with Gasteiger partial charge in [0.2, 0.25) is 16.0 Å². The number of aliphatic hydroxyl groups excluding tert-OH is 1. The van der Waals surface area contributed by atoms with Crippen LogP contribution in [0.2, 0.25) is 0 Å². The van der Waals surface area contributed by atoms with Crippen molar-refractivity contribution in [1.82, 2.24) is 29.7 Å². The zero-order valence-electron chi connectivity index (χ0n) is 20.3. The zero-order chi connectivity index (χ0) is 26.7. The van der Waals surface area contributed by atoms with Crippen molar-refractivity contribution in [3.8, 4) is 28.6 Å². The van der Waals surface area contributed by atoms with E-state index in [0.717, 1.165) is 18.0 Å². The van der Waals surface area contributed by atoms with Crippen molar-refractivity contribution in [1.29, 1.82) is 0 Å². The molecule has 2 atom stereocenters. The summed E-state index contributed by atoms with van der Waals surface area (Å²) in [4.78, 5) is 11.6. The molecule has 0 spiro atoms. The summed E-state index contributed by atoms with van der Waals surface area (Å²) in [7, 11) is -1.39. The molecular formula is C23H24FN7O5S. The maximum Gasteiger partial charge on any atom is 0.243 e. The molecule has 0 unspecified atom stereocenters. The van der Waals surface area contributed by atoms with Crippen molar-refractivity contribution in [2.45, 2.75) is 25.2 Å². The number of aromatic nitrogens is 6. The van der Waals surface area contributed by atoms with Crippen molar-refractivity contribution in [3.63, 3.8) is 0 Å². The molecule has 37 heavy (non-hydrogen) atoms. The molecular weight excluding hydrogens is 505 g/mol. The highest BCUT2D eigenvalue weighted by Crippen LogP contribution is 2.38. The standard InChI is InChI=1S/C23H24FN7O5S/c1-13-8-15(10-25-9-13)22-28-29-23(31(22)19-17(35-3)6-5-7-18(19)36-4)30-37(33,34)14(2)20(32)21-26-11-16(24)12-27-21/h5-12,14,20,32H,1-4H3,(H,29,30)/t14-,20-/m1/s1. The van der Waals surface area contributed by atoms with Crippen LogP contribution in [-0.2, 0) is 10.0 Å². The molecule has 0 saturated carbocycles. The van der Waals surface area contributed by atoms with E-state index in [9.17, 15) is 17.9 Å². The average molecular weight is 530 g/mol. The predicted molar refractivity (Wildman–Crippen MR) is 131 cm³/mol. The fourth-order valence-electron chi connectivity index (χ4n) is 3.55. The third kappa shape index (κ3) is 5.20. The second kappa shape index (κ2) is 10.4. The Bertz CT molecular complexity index is 1490. The number of sulfonamides is 1. The Morgan fingerprint density at radius 1 is 1.05 bits per heavy atom. The van der Waals surface area contributed by atoms with Gasteiger partial charge < -0.3 is 14.6 Å². The van der Waals surface area contributed by atoms with Crippen molar-refractivity contribution >= 4 is 16.0 Å². The van der Waals surface area contributed by atoms with Crippen LogP contribution < -0.4 is 14.2 Å². The first-order valence-corrected chi connectivity index (χ1v) is 12.5. The van der Waals surface area contributed by atoms with Crippen molar-refractivity contribution in [3.05, 3.63) is 66.3 Å². The number of methoxy groups -OCH3 is 2. The molecule has 1 aromatic carbocycles. The number of benzene rings is 1. The number of hydrogen-bond donors (Lipinski definition) is 2. The molecule has 0 bridgehead atoms. The molecule has 0 aliphatic heterocycles. The second-order valence-corrected chi connectivity index (χ2v) is 10.0. The summed E-state index contributed by atoms with van der Waals surface area (Å²) in [6, 6.07) is 6.87. The smallest absolute Gasteiger partial charge is 0.243 e. The van der Waals surface area contributed by atoms with Gasteiger partial charge in [0.15, 0.2) is 17.5 Å². The third-order valence-corrected chi connectivity index (χ3v) is 7.20. The van der Waals surface area contributed by atoms with Crippen LogP contribution >= 0.6 is 0 Å². The number of ether oxygens (including phenoxy) is 2. The van der Waals surface area contributed by atoms with E-state index in [-0.39, 0.29) is 17.6 Å². The Labute approximate surface area is 212 Å². The summed E-state index contributed by atoms with van der Waals surface area (Å²) < 4.78 is 54.7. The van der Waals surface area contributed by atoms with E-state index in [0.29, 0.717) is 22.7 Å². The van der Waals surface area contributed by atoms with E-state index < -0.39 is 27.2 Å². The van der Waals surface area contributed by atoms with Gasteiger partial charge >= 0.3 is 0 Å². The zero-order valence-corrected chi connectivity index (χ0v) is 21.1. The number of hydrogen-bond acceptors (Lipinski definition) is 10. The molecule has 0 aliphatic carbocycles. The highest BCUT2D eigenvalue weighted by atomic mass is 32.2. The first kappa shape index (κ1) is 25.9. The Balaban J connectivity index is 1.83. The molecule has 194 valence electrons. The van der Waals surface area contributed by atoms with Gasteiger partial charge in [0, 0.05) is 18.0 Å². The van der Waals surface area contributed by atoms with E-state index in [1.165, 1.54) is 25.7 Å². The highest BCUT2D eigenvalue weighted by molar-refractivity contribution is 7.93. The minimum Gasteiger partial charge on any atom is -0.494 e. The Hall–Kier alpha value is -4.17. The lowest BCUT2D eigenvalue weighted by Gasteiger charge is -2.20. The Morgan fingerprint density at radius 3 is 2.30 bits per heavy atom. The topological polar surface area (TPSA) is 154 Å². The fourth-order valence-corrected chi connectivity index (χ4v) is 4.59. The maximum atomic E-state index is 13.3. The van der Waals surface area contributed by atoms with Gasteiger partial charge in [-0.05, 0) is 37.6 Å². The molecule has 12 nitrogen and oxygen atoms in total. The molecule has 0 amide bonds. The molecule has 4 aromatic rings. The predicted octanol–water partition coefficient (Wildman–Crippen LogP) is 2.45. The SMILES string of the molecule is COc1cccc(OC)c1-n1c(NS(=O)(=O)[C@H](C)[C@@H](O)c2ncc(F)cn2)nnc1-c1cncc(C)c1. The minimum atomic E-state index is -4.31. The van der Waals surface area contributed by atoms with E-state index in [1.807, 2.05) is 13.0 Å². The monoisotopic (exact) mass is 529 g/mol. The molecule has 0 radical (unpaired) electrons. The summed E-state index contributed by atoms with van der Waals surface area (Å²) in [5.41, 5.74) is 1.73.